The van der Waals surface area contributed by atoms with Crippen LogP contribution in [0.4, 0.5) is 5.69 Å². The molecule has 8 heteroatoms. The number of hydrogen-bond acceptors (Lipinski definition) is 6. The molecular formula is C31H33N5O2S. The zero-order chi connectivity index (χ0) is 27.5. The number of aromatic amines is 1. The lowest BCUT2D eigenvalue weighted by molar-refractivity contribution is -0.110. The minimum absolute atomic E-state index is 0.141. The Morgan fingerprint density at radius 2 is 1.72 bits per heavy atom. The molecule has 1 aliphatic rings. The normalized spacial score (nSPS) is 13.8. The second-order valence-electron chi connectivity index (χ2n) is 9.77. The van der Waals surface area contributed by atoms with Gasteiger partial charge in [0.1, 0.15) is 10.0 Å². The van der Waals surface area contributed by atoms with Gasteiger partial charge >= 0.3 is 0 Å². The van der Waals surface area contributed by atoms with Crippen LogP contribution in [-0.4, -0.2) is 51.4 Å². The maximum Gasteiger partial charge on any atom is 0.256 e. The van der Waals surface area contributed by atoms with Crippen LogP contribution < -0.4 is 5.32 Å². The molecule has 2 aromatic heterocycles. The van der Waals surface area contributed by atoms with Crippen molar-refractivity contribution >= 4 is 40.4 Å². The Morgan fingerprint density at radius 3 is 2.44 bits per heavy atom. The highest BCUT2D eigenvalue weighted by Gasteiger charge is 2.26. The van der Waals surface area contributed by atoms with E-state index in [1.165, 1.54) is 11.3 Å². The minimum Gasteiger partial charge on any atom is -0.358 e. The largest absolute Gasteiger partial charge is 0.358 e. The Hall–Kier alpha value is -3.88. The third kappa shape index (κ3) is 5.48. The summed E-state index contributed by atoms with van der Waals surface area (Å²) in [6.07, 6.45) is 3.19. The average Bonchev–Trinajstić information content (AvgIpc) is 3.63. The number of nitrogens with zero attached hydrogens (tertiary/aromatic N) is 3. The van der Waals surface area contributed by atoms with Gasteiger partial charge in [0.25, 0.3) is 5.91 Å². The quantitative estimate of drug-likeness (QED) is 0.175. The Bertz CT molecular complexity index is 1550. The number of aromatic nitrogens is 3. The fourth-order valence-corrected chi connectivity index (χ4v) is 5.96. The highest BCUT2D eigenvalue weighted by atomic mass is 32.1. The molecule has 200 valence electrons. The SMILES string of the molecule is CCN(CC)CCCC(=O)c1c(C)[nH]c(/C=C2\C(=O)Nc3ccc(-c4nnc(-c5ccccc5)s4)cc32)c1C. The molecule has 0 saturated carbocycles. The topological polar surface area (TPSA) is 91.0 Å². The fraction of sp³-hybridized carbons (Fsp3) is 0.290. The molecule has 0 radical (unpaired) electrons. The molecule has 1 aliphatic heterocycles. The molecule has 0 spiro atoms. The standard InChI is InChI=1S/C31H33N5O2S/c1-5-36(6-2)16-10-13-27(37)28-19(3)26(32-20(28)4)18-24-23-17-22(14-15-25(23)33-29(24)38)31-35-34-30(39-31)21-11-8-7-9-12-21/h7-9,11-12,14-15,17-18,32H,5-6,10,13,16H2,1-4H3,(H,33,38)/b24-18-. The molecule has 0 aliphatic carbocycles. The van der Waals surface area contributed by atoms with E-state index in [-0.39, 0.29) is 11.7 Å². The molecule has 2 aromatic carbocycles. The summed E-state index contributed by atoms with van der Waals surface area (Å²) in [6, 6.07) is 15.8. The molecule has 39 heavy (non-hydrogen) atoms. The maximum atomic E-state index is 13.1. The van der Waals surface area contributed by atoms with Gasteiger partial charge < -0.3 is 15.2 Å². The van der Waals surface area contributed by atoms with Gasteiger partial charge in [-0.1, -0.05) is 55.5 Å². The number of Topliss-reactive ketones (excluding diaryl/α,β-unsaturated/α-hetero) is 1. The van der Waals surface area contributed by atoms with Crippen LogP contribution >= 0.6 is 11.3 Å². The number of hydrogen-bond donors (Lipinski definition) is 2. The summed E-state index contributed by atoms with van der Waals surface area (Å²) in [4.78, 5) is 31.8. The van der Waals surface area contributed by atoms with Crippen LogP contribution in [0.2, 0.25) is 0 Å². The molecule has 4 aromatic rings. The highest BCUT2D eigenvalue weighted by molar-refractivity contribution is 7.17. The van der Waals surface area contributed by atoms with E-state index in [0.717, 1.165) is 81.0 Å². The number of anilines is 1. The first-order chi connectivity index (χ1) is 18.9. The van der Waals surface area contributed by atoms with Gasteiger partial charge in [-0.05, 0) is 69.7 Å². The number of rotatable bonds is 10. The van der Waals surface area contributed by atoms with Crippen LogP contribution in [0.1, 0.15) is 59.6 Å². The van der Waals surface area contributed by atoms with Gasteiger partial charge in [-0.15, -0.1) is 10.2 Å². The van der Waals surface area contributed by atoms with E-state index in [1.807, 2.05) is 68.5 Å². The number of benzene rings is 2. The molecule has 0 unspecified atom stereocenters. The number of fused-ring (bicyclic) bond motifs is 1. The fourth-order valence-electron chi connectivity index (χ4n) is 5.11. The van der Waals surface area contributed by atoms with Gasteiger partial charge in [0.05, 0.1) is 5.57 Å². The van der Waals surface area contributed by atoms with Crippen LogP contribution in [0, 0.1) is 13.8 Å². The van der Waals surface area contributed by atoms with Crippen molar-refractivity contribution in [2.24, 2.45) is 0 Å². The molecule has 0 atom stereocenters. The van der Waals surface area contributed by atoms with Crippen molar-refractivity contribution in [1.82, 2.24) is 20.1 Å². The van der Waals surface area contributed by atoms with Crippen molar-refractivity contribution in [2.75, 3.05) is 25.0 Å². The van der Waals surface area contributed by atoms with E-state index in [9.17, 15) is 9.59 Å². The van der Waals surface area contributed by atoms with Gasteiger partial charge in [-0.25, -0.2) is 0 Å². The zero-order valence-electron chi connectivity index (χ0n) is 22.8. The molecule has 0 fully saturated rings. The summed E-state index contributed by atoms with van der Waals surface area (Å²) in [5, 5.41) is 13.4. The highest BCUT2D eigenvalue weighted by Crippen LogP contribution is 2.38. The number of carbonyl (C=O) groups excluding carboxylic acids is 2. The molecule has 0 bridgehead atoms. The molecule has 7 nitrogen and oxygen atoms in total. The first kappa shape index (κ1) is 26.7. The van der Waals surface area contributed by atoms with Gasteiger partial charge in [-0.3, -0.25) is 9.59 Å². The van der Waals surface area contributed by atoms with Crippen molar-refractivity contribution < 1.29 is 9.59 Å². The molecule has 5 rings (SSSR count). The number of H-pyrrole nitrogens is 1. The third-order valence-electron chi connectivity index (χ3n) is 7.31. The monoisotopic (exact) mass is 539 g/mol. The first-order valence-electron chi connectivity index (χ1n) is 13.4. The van der Waals surface area contributed by atoms with Crippen molar-refractivity contribution in [1.29, 1.82) is 0 Å². The lowest BCUT2D eigenvalue weighted by Crippen LogP contribution is -2.24. The number of amides is 1. The van der Waals surface area contributed by atoms with Crippen molar-refractivity contribution in [3.63, 3.8) is 0 Å². The average molecular weight is 540 g/mol. The van der Waals surface area contributed by atoms with Crippen LogP contribution in [0.3, 0.4) is 0 Å². The van der Waals surface area contributed by atoms with Crippen LogP contribution in [0.25, 0.3) is 32.8 Å². The first-order valence-corrected chi connectivity index (χ1v) is 14.2. The van der Waals surface area contributed by atoms with E-state index in [4.69, 9.17) is 0 Å². The molecule has 0 saturated heterocycles. The molecule has 2 N–H and O–H groups in total. The van der Waals surface area contributed by atoms with Crippen molar-refractivity contribution in [2.45, 2.75) is 40.5 Å². The minimum atomic E-state index is -0.164. The van der Waals surface area contributed by atoms with E-state index in [2.05, 4.69) is 39.2 Å². The summed E-state index contributed by atoms with van der Waals surface area (Å²) in [5.74, 6) is -0.0229. The van der Waals surface area contributed by atoms with Gasteiger partial charge in [0.2, 0.25) is 0 Å². The van der Waals surface area contributed by atoms with Gasteiger partial charge in [0, 0.05) is 45.7 Å². The summed E-state index contributed by atoms with van der Waals surface area (Å²) in [6.45, 7) is 11.0. The van der Waals surface area contributed by atoms with E-state index in [1.54, 1.807) is 0 Å². The van der Waals surface area contributed by atoms with Crippen LogP contribution in [0.5, 0.6) is 0 Å². The second-order valence-corrected chi connectivity index (χ2v) is 10.7. The Kier molecular flexibility index (Phi) is 7.86. The summed E-state index contributed by atoms with van der Waals surface area (Å²) >= 11 is 1.52. The Labute approximate surface area is 233 Å². The Morgan fingerprint density at radius 1 is 1.00 bits per heavy atom. The lowest BCUT2D eigenvalue weighted by atomic mass is 9.99. The predicted molar refractivity (Wildman–Crippen MR) is 159 cm³/mol. The molecule has 3 heterocycles. The van der Waals surface area contributed by atoms with Crippen LogP contribution in [0.15, 0.2) is 48.5 Å². The number of nitrogens with one attached hydrogen (secondary N) is 2. The summed E-state index contributed by atoms with van der Waals surface area (Å²) < 4.78 is 0. The maximum absolute atomic E-state index is 13.1. The summed E-state index contributed by atoms with van der Waals surface area (Å²) in [5.41, 5.74) is 7.29. The van der Waals surface area contributed by atoms with Gasteiger partial charge in [-0.2, -0.15) is 0 Å². The van der Waals surface area contributed by atoms with E-state index in [0.29, 0.717) is 12.0 Å². The number of aryl methyl sites for hydroxylation is 1. The number of ketones is 1. The summed E-state index contributed by atoms with van der Waals surface area (Å²) in [7, 11) is 0. The second kappa shape index (κ2) is 11.5. The van der Waals surface area contributed by atoms with Crippen LogP contribution in [-0.2, 0) is 4.79 Å². The predicted octanol–water partition coefficient (Wildman–Crippen LogP) is 6.61. The van der Waals surface area contributed by atoms with Crippen molar-refractivity contribution in [3.05, 3.63) is 76.6 Å². The number of carbonyl (C=O) groups is 2. The third-order valence-corrected chi connectivity index (χ3v) is 8.33. The smallest absolute Gasteiger partial charge is 0.256 e. The molecule has 1 amide bonds. The van der Waals surface area contributed by atoms with Gasteiger partial charge in [0.15, 0.2) is 5.78 Å². The van der Waals surface area contributed by atoms with E-state index >= 15 is 0 Å². The Balaban J connectivity index is 1.41. The van der Waals surface area contributed by atoms with Crippen molar-refractivity contribution in [3.8, 4) is 21.1 Å². The lowest BCUT2D eigenvalue weighted by Gasteiger charge is -2.17. The zero-order valence-corrected chi connectivity index (χ0v) is 23.6. The van der Waals surface area contributed by atoms with E-state index < -0.39 is 0 Å². The molecular weight excluding hydrogens is 506 g/mol.